The summed E-state index contributed by atoms with van der Waals surface area (Å²) in [6.45, 7) is 1.53. The fourth-order valence-corrected chi connectivity index (χ4v) is 2.47. The van der Waals surface area contributed by atoms with Gasteiger partial charge in [-0.25, -0.2) is 4.39 Å². The maximum atomic E-state index is 13.3. The van der Waals surface area contributed by atoms with E-state index in [1.807, 2.05) is 0 Å². The van der Waals surface area contributed by atoms with Gasteiger partial charge in [0.2, 0.25) is 5.91 Å². The van der Waals surface area contributed by atoms with Crippen LogP contribution in [0.3, 0.4) is 0 Å². The number of morpholine rings is 1. The van der Waals surface area contributed by atoms with Crippen LogP contribution in [0, 0.1) is 5.82 Å². The lowest BCUT2D eigenvalue weighted by atomic mass is 10.1. The molecule has 1 saturated heterocycles. The summed E-state index contributed by atoms with van der Waals surface area (Å²) in [6.07, 6.45) is 0. The van der Waals surface area contributed by atoms with Crippen LogP contribution in [0.25, 0.3) is 0 Å². The molecule has 6 nitrogen and oxygen atoms in total. The third kappa shape index (κ3) is 2.40. The Hall–Kier alpha value is -2.28. The number of nitrogens with zero attached hydrogens (tertiary/aromatic N) is 2. The molecule has 0 N–H and O–H groups in total. The van der Waals surface area contributed by atoms with E-state index in [2.05, 4.69) is 0 Å². The van der Waals surface area contributed by atoms with Gasteiger partial charge in [0.1, 0.15) is 12.4 Å². The summed E-state index contributed by atoms with van der Waals surface area (Å²) in [6, 6.07) is 3.49. The van der Waals surface area contributed by atoms with Gasteiger partial charge in [-0.1, -0.05) is 0 Å². The standard InChI is InChI=1S/C14H13FN2O4/c15-9-1-2-10-11(7-9)17(14(20)13(10)19)8-12(18)16-3-5-21-6-4-16/h1-2,7H,3-6,8H2. The van der Waals surface area contributed by atoms with Crippen molar-refractivity contribution in [2.24, 2.45) is 0 Å². The number of ketones is 1. The molecule has 1 aromatic rings. The van der Waals surface area contributed by atoms with Gasteiger partial charge in [-0.2, -0.15) is 0 Å². The van der Waals surface area contributed by atoms with Gasteiger partial charge < -0.3 is 9.64 Å². The number of amides is 2. The molecule has 3 rings (SSSR count). The molecule has 2 aliphatic rings. The summed E-state index contributed by atoms with van der Waals surface area (Å²) in [7, 11) is 0. The molecule has 0 unspecified atom stereocenters. The van der Waals surface area contributed by atoms with E-state index in [4.69, 9.17) is 4.74 Å². The Kier molecular flexibility index (Phi) is 3.42. The van der Waals surface area contributed by atoms with E-state index in [0.717, 1.165) is 17.0 Å². The molecule has 0 atom stereocenters. The first-order chi connectivity index (χ1) is 10.1. The van der Waals surface area contributed by atoms with Crippen LogP contribution in [0.2, 0.25) is 0 Å². The molecular formula is C14H13FN2O4. The summed E-state index contributed by atoms with van der Waals surface area (Å²) in [5.74, 6) is -2.34. The van der Waals surface area contributed by atoms with Gasteiger partial charge >= 0.3 is 0 Å². The largest absolute Gasteiger partial charge is 0.378 e. The van der Waals surface area contributed by atoms with Crippen LogP contribution in [0.4, 0.5) is 10.1 Å². The minimum atomic E-state index is -0.794. The summed E-state index contributed by atoms with van der Waals surface area (Å²) in [4.78, 5) is 38.5. The molecule has 7 heteroatoms. The summed E-state index contributed by atoms with van der Waals surface area (Å²) >= 11 is 0. The van der Waals surface area contributed by atoms with E-state index >= 15 is 0 Å². The summed E-state index contributed by atoms with van der Waals surface area (Å²) in [5.41, 5.74) is 0.294. The van der Waals surface area contributed by atoms with Gasteiger partial charge in [0, 0.05) is 13.1 Å². The molecule has 2 heterocycles. The maximum absolute atomic E-state index is 13.3. The number of benzene rings is 1. The van der Waals surface area contributed by atoms with Crippen molar-refractivity contribution in [2.75, 3.05) is 37.7 Å². The van der Waals surface area contributed by atoms with E-state index in [-0.39, 0.29) is 23.7 Å². The number of hydrogen-bond acceptors (Lipinski definition) is 4. The molecule has 0 aliphatic carbocycles. The van der Waals surface area contributed by atoms with E-state index < -0.39 is 17.5 Å². The highest BCUT2D eigenvalue weighted by Gasteiger charge is 2.37. The minimum Gasteiger partial charge on any atom is -0.378 e. The van der Waals surface area contributed by atoms with Crippen LogP contribution < -0.4 is 4.90 Å². The van der Waals surface area contributed by atoms with Crippen LogP contribution in [-0.2, 0) is 14.3 Å². The Balaban J connectivity index is 1.82. The molecule has 110 valence electrons. The average molecular weight is 292 g/mol. The number of carbonyl (C=O) groups excluding carboxylic acids is 3. The zero-order valence-corrected chi connectivity index (χ0v) is 11.2. The Labute approximate surface area is 120 Å². The number of carbonyl (C=O) groups is 3. The third-order valence-corrected chi connectivity index (χ3v) is 3.59. The Morgan fingerprint density at radius 3 is 2.67 bits per heavy atom. The van der Waals surface area contributed by atoms with Crippen LogP contribution in [0.5, 0.6) is 0 Å². The van der Waals surface area contributed by atoms with Crippen molar-refractivity contribution >= 4 is 23.3 Å². The van der Waals surface area contributed by atoms with Crippen LogP contribution in [-0.4, -0.2) is 55.3 Å². The normalized spacial score (nSPS) is 18.1. The number of Topliss-reactive ketones (excluding diaryl/α,β-unsaturated/α-hetero) is 1. The molecule has 21 heavy (non-hydrogen) atoms. The average Bonchev–Trinajstić information content (AvgIpc) is 2.73. The fraction of sp³-hybridized carbons (Fsp3) is 0.357. The van der Waals surface area contributed by atoms with Crippen molar-refractivity contribution < 1.29 is 23.5 Å². The predicted molar refractivity (Wildman–Crippen MR) is 70.5 cm³/mol. The first-order valence-corrected chi connectivity index (χ1v) is 6.59. The van der Waals surface area contributed by atoms with Crippen molar-refractivity contribution in [1.82, 2.24) is 4.90 Å². The van der Waals surface area contributed by atoms with E-state index in [1.54, 1.807) is 4.90 Å². The van der Waals surface area contributed by atoms with Gasteiger partial charge in [-0.05, 0) is 18.2 Å². The highest BCUT2D eigenvalue weighted by molar-refractivity contribution is 6.52. The van der Waals surface area contributed by atoms with Gasteiger partial charge in [0.05, 0.1) is 24.5 Å². The Morgan fingerprint density at radius 1 is 1.24 bits per heavy atom. The molecule has 2 amide bonds. The quantitative estimate of drug-likeness (QED) is 0.731. The van der Waals surface area contributed by atoms with Crippen molar-refractivity contribution in [3.63, 3.8) is 0 Å². The zero-order chi connectivity index (χ0) is 15.0. The molecule has 0 bridgehead atoms. The van der Waals surface area contributed by atoms with Crippen molar-refractivity contribution in [3.05, 3.63) is 29.6 Å². The SMILES string of the molecule is O=C1C(=O)N(CC(=O)N2CCOCC2)c2cc(F)ccc21. The molecule has 0 radical (unpaired) electrons. The van der Waals surface area contributed by atoms with Crippen LogP contribution in [0.1, 0.15) is 10.4 Å². The van der Waals surface area contributed by atoms with Crippen molar-refractivity contribution in [2.45, 2.75) is 0 Å². The minimum absolute atomic E-state index is 0.135. The summed E-state index contributed by atoms with van der Waals surface area (Å²) in [5, 5.41) is 0. The first kappa shape index (κ1) is 13.7. The highest BCUT2D eigenvalue weighted by Crippen LogP contribution is 2.29. The first-order valence-electron chi connectivity index (χ1n) is 6.59. The number of halogens is 1. The smallest absolute Gasteiger partial charge is 0.299 e. The van der Waals surface area contributed by atoms with E-state index in [0.29, 0.717) is 26.3 Å². The second-order valence-corrected chi connectivity index (χ2v) is 4.88. The van der Waals surface area contributed by atoms with Crippen molar-refractivity contribution in [3.8, 4) is 0 Å². The maximum Gasteiger partial charge on any atom is 0.299 e. The van der Waals surface area contributed by atoms with E-state index in [9.17, 15) is 18.8 Å². The van der Waals surface area contributed by atoms with Gasteiger partial charge in [-0.3, -0.25) is 19.3 Å². The number of rotatable bonds is 2. The fourth-order valence-electron chi connectivity index (χ4n) is 2.47. The molecule has 2 aliphatic heterocycles. The van der Waals surface area contributed by atoms with Crippen LogP contribution in [0.15, 0.2) is 18.2 Å². The molecule has 1 fully saturated rings. The Bertz CT molecular complexity index is 625. The topological polar surface area (TPSA) is 66.9 Å². The van der Waals surface area contributed by atoms with Gasteiger partial charge in [0.25, 0.3) is 11.7 Å². The highest BCUT2D eigenvalue weighted by atomic mass is 19.1. The lowest BCUT2D eigenvalue weighted by Gasteiger charge is -2.28. The van der Waals surface area contributed by atoms with E-state index in [1.165, 1.54) is 6.07 Å². The van der Waals surface area contributed by atoms with Gasteiger partial charge in [0.15, 0.2) is 0 Å². The monoisotopic (exact) mass is 292 g/mol. The van der Waals surface area contributed by atoms with Crippen molar-refractivity contribution in [1.29, 1.82) is 0 Å². The van der Waals surface area contributed by atoms with Gasteiger partial charge in [-0.15, -0.1) is 0 Å². The lowest BCUT2D eigenvalue weighted by Crippen LogP contribution is -2.46. The number of ether oxygens (including phenoxy) is 1. The zero-order valence-electron chi connectivity index (χ0n) is 11.2. The number of hydrogen-bond donors (Lipinski definition) is 0. The second-order valence-electron chi connectivity index (χ2n) is 4.88. The molecule has 1 aromatic carbocycles. The number of fused-ring (bicyclic) bond motifs is 1. The Morgan fingerprint density at radius 2 is 1.95 bits per heavy atom. The second kappa shape index (κ2) is 5.25. The molecule has 0 saturated carbocycles. The molecule has 0 spiro atoms. The predicted octanol–water partition coefficient (Wildman–Crippen LogP) is 0.214. The number of anilines is 1. The summed E-state index contributed by atoms with van der Waals surface area (Å²) < 4.78 is 18.5. The van der Waals surface area contributed by atoms with Crippen LogP contribution >= 0.6 is 0 Å². The lowest BCUT2D eigenvalue weighted by molar-refractivity contribution is -0.134. The third-order valence-electron chi connectivity index (χ3n) is 3.59. The molecular weight excluding hydrogens is 279 g/mol. The molecule has 0 aromatic heterocycles.